The van der Waals surface area contributed by atoms with Crippen LogP contribution in [0, 0.1) is 18.6 Å². The Hall–Kier alpha value is -1.39. The summed E-state index contributed by atoms with van der Waals surface area (Å²) in [4.78, 5) is 12.7. The molecule has 0 bridgehead atoms. The molecule has 0 unspecified atom stereocenters. The summed E-state index contributed by atoms with van der Waals surface area (Å²) >= 11 is 7.02. The van der Waals surface area contributed by atoms with E-state index >= 15 is 0 Å². The first-order valence-electron chi connectivity index (χ1n) is 5.85. The molecule has 0 fully saturated rings. The molecule has 0 saturated heterocycles. The lowest BCUT2D eigenvalue weighted by Crippen LogP contribution is -2.09. The number of hydrogen-bond donors (Lipinski definition) is 0. The SMILES string of the molecule is Cc1ccc(F)c(C(=O)CSc2cccc(Cl)c2)c1F. The van der Waals surface area contributed by atoms with E-state index in [4.69, 9.17) is 11.6 Å². The van der Waals surface area contributed by atoms with Gasteiger partial charge in [0, 0.05) is 9.92 Å². The molecular formula is C15H11ClF2OS. The monoisotopic (exact) mass is 312 g/mol. The number of aryl methyl sites for hydroxylation is 1. The summed E-state index contributed by atoms with van der Waals surface area (Å²) in [5.74, 6) is -2.24. The molecule has 0 aliphatic heterocycles. The third kappa shape index (κ3) is 3.38. The number of thioether (sulfide) groups is 1. The zero-order chi connectivity index (χ0) is 14.7. The quantitative estimate of drug-likeness (QED) is 0.590. The van der Waals surface area contributed by atoms with Crippen molar-refractivity contribution in [2.45, 2.75) is 11.8 Å². The molecule has 104 valence electrons. The highest BCUT2D eigenvalue weighted by molar-refractivity contribution is 8.00. The van der Waals surface area contributed by atoms with Crippen molar-refractivity contribution in [3.05, 3.63) is 64.2 Å². The number of rotatable bonds is 4. The normalized spacial score (nSPS) is 10.6. The van der Waals surface area contributed by atoms with Crippen LogP contribution in [0.15, 0.2) is 41.3 Å². The molecule has 0 aliphatic carbocycles. The summed E-state index contributed by atoms with van der Waals surface area (Å²) in [7, 11) is 0. The molecule has 0 amide bonds. The molecule has 0 aliphatic rings. The zero-order valence-corrected chi connectivity index (χ0v) is 12.2. The van der Waals surface area contributed by atoms with Crippen molar-refractivity contribution in [2.24, 2.45) is 0 Å². The molecule has 20 heavy (non-hydrogen) atoms. The molecular weight excluding hydrogens is 302 g/mol. The Bertz CT molecular complexity index is 658. The van der Waals surface area contributed by atoms with E-state index in [-0.39, 0.29) is 11.3 Å². The lowest BCUT2D eigenvalue weighted by Gasteiger charge is -2.06. The molecule has 5 heteroatoms. The molecule has 0 atom stereocenters. The number of Topliss-reactive ketones (excluding diaryl/α,β-unsaturated/α-hetero) is 1. The van der Waals surface area contributed by atoms with Gasteiger partial charge in [-0.25, -0.2) is 8.78 Å². The second-order valence-corrected chi connectivity index (χ2v) is 5.71. The molecule has 2 aromatic rings. The fourth-order valence-electron chi connectivity index (χ4n) is 1.69. The van der Waals surface area contributed by atoms with E-state index in [1.807, 2.05) is 0 Å². The van der Waals surface area contributed by atoms with Crippen molar-refractivity contribution in [3.63, 3.8) is 0 Å². The fraction of sp³-hybridized carbons (Fsp3) is 0.133. The number of hydrogen-bond acceptors (Lipinski definition) is 2. The first kappa shape index (κ1) is 15.0. The van der Waals surface area contributed by atoms with Gasteiger partial charge in [0.15, 0.2) is 5.78 Å². The molecule has 0 spiro atoms. The minimum atomic E-state index is -0.829. The van der Waals surface area contributed by atoms with Gasteiger partial charge in [-0.1, -0.05) is 23.7 Å². The molecule has 0 heterocycles. The number of ketones is 1. The van der Waals surface area contributed by atoms with Crippen LogP contribution in [0.2, 0.25) is 5.02 Å². The minimum Gasteiger partial charge on any atom is -0.293 e. The summed E-state index contributed by atoms with van der Waals surface area (Å²) < 4.78 is 27.4. The maximum Gasteiger partial charge on any atom is 0.178 e. The van der Waals surface area contributed by atoms with Crippen LogP contribution in [0.3, 0.4) is 0 Å². The second kappa shape index (κ2) is 6.37. The lowest BCUT2D eigenvalue weighted by molar-refractivity contribution is 0.101. The van der Waals surface area contributed by atoms with E-state index < -0.39 is 23.0 Å². The van der Waals surface area contributed by atoms with Crippen molar-refractivity contribution < 1.29 is 13.6 Å². The summed E-state index contributed by atoms with van der Waals surface area (Å²) in [5.41, 5.74) is -0.220. The molecule has 0 N–H and O–H groups in total. The number of benzene rings is 2. The Balaban J connectivity index is 2.15. The van der Waals surface area contributed by atoms with Gasteiger partial charge >= 0.3 is 0 Å². The highest BCUT2D eigenvalue weighted by atomic mass is 35.5. The average molecular weight is 313 g/mol. The minimum absolute atomic E-state index is 0.0440. The average Bonchev–Trinajstić information content (AvgIpc) is 2.41. The highest BCUT2D eigenvalue weighted by Crippen LogP contribution is 2.24. The van der Waals surface area contributed by atoms with E-state index in [2.05, 4.69) is 0 Å². The van der Waals surface area contributed by atoms with E-state index in [9.17, 15) is 13.6 Å². The molecule has 0 aromatic heterocycles. The van der Waals surface area contributed by atoms with Crippen LogP contribution in [0.1, 0.15) is 15.9 Å². The second-order valence-electron chi connectivity index (χ2n) is 4.22. The largest absolute Gasteiger partial charge is 0.293 e. The molecule has 0 saturated carbocycles. The molecule has 2 aromatic carbocycles. The first-order valence-corrected chi connectivity index (χ1v) is 7.21. The van der Waals surface area contributed by atoms with Crippen molar-refractivity contribution in [1.29, 1.82) is 0 Å². The Morgan fingerprint density at radius 2 is 2.00 bits per heavy atom. The van der Waals surface area contributed by atoms with Crippen molar-refractivity contribution in [3.8, 4) is 0 Å². The van der Waals surface area contributed by atoms with Gasteiger partial charge in [-0.3, -0.25) is 4.79 Å². The third-order valence-corrected chi connectivity index (χ3v) is 3.96. The fourth-order valence-corrected chi connectivity index (χ4v) is 2.77. The summed E-state index contributed by atoms with van der Waals surface area (Å²) in [6.45, 7) is 1.50. The summed E-state index contributed by atoms with van der Waals surface area (Å²) in [6.07, 6.45) is 0. The van der Waals surface area contributed by atoms with Crippen LogP contribution in [-0.2, 0) is 0 Å². The van der Waals surface area contributed by atoms with Crippen molar-refractivity contribution in [1.82, 2.24) is 0 Å². The Labute approximate surface area is 125 Å². The van der Waals surface area contributed by atoms with E-state index in [0.717, 1.165) is 11.0 Å². The van der Waals surface area contributed by atoms with Gasteiger partial charge in [-0.15, -0.1) is 11.8 Å². The van der Waals surface area contributed by atoms with Gasteiger partial charge in [0.05, 0.1) is 11.3 Å². The Kier molecular flexibility index (Phi) is 4.78. The van der Waals surface area contributed by atoms with Crippen LogP contribution in [0.25, 0.3) is 0 Å². The van der Waals surface area contributed by atoms with Gasteiger partial charge in [-0.2, -0.15) is 0 Å². The van der Waals surface area contributed by atoms with Gasteiger partial charge in [-0.05, 0) is 36.8 Å². The van der Waals surface area contributed by atoms with Gasteiger partial charge in [0.2, 0.25) is 0 Å². The van der Waals surface area contributed by atoms with Crippen LogP contribution >= 0.6 is 23.4 Å². The maximum atomic E-state index is 13.8. The Morgan fingerprint density at radius 1 is 1.25 bits per heavy atom. The molecule has 2 rings (SSSR count). The summed E-state index contributed by atoms with van der Waals surface area (Å²) in [5, 5.41) is 0.551. The van der Waals surface area contributed by atoms with Crippen LogP contribution in [-0.4, -0.2) is 11.5 Å². The third-order valence-electron chi connectivity index (χ3n) is 2.73. The van der Waals surface area contributed by atoms with Crippen LogP contribution < -0.4 is 0 Å². The molecule has 0 radical (unpaired) electrons. The predicted octanol–water partition coefficient (Wildman–Crippen LogP) is 4.90. The van der Waals surface area contributed by atoms with E-state index in [1.54, 1.807) is 24.3 Å². The van der Waals surface area contributed by atoms with Crippen LogP contribution in [0.4, 0.5) is 8.78 Å². The number of carbonyl (C=O) groups excluding carboxylic acids is 1. The molecule has 1 nitrogen and oxygen atoms in total. The smallest absolute Gasteiger partial charge is 0.178 e. The number of carbonyl (C=O) groups is 1. The van der Waals surface area contributed by atoms with Crippen molar-refractivity contribution >= 4 is 29.1 Å². The highest BCUT2D eigenvalue weighted by Gasteiger charge is 2.19. The first-order chi connectivity index (χ1) is 9.49. The maximum absolute atomic E-state index is 13.8. The standard InChI is InChI=1S/C15H11ClF2OS/c1-9-5-6-12(17)14(15(9)18)13(19)8-20-11-4-2-3-10(16)7-11/h2-7H,8H2,1H3. The predicted molar refractivity (Wildman–Crippen MR) is 77.6 cm³/mol. The number of halogens is 3. The van der Waals surface area contributed by atoms with E-state index in [1.165, 1.54) is 24.8 Å². The van der Waals surface area contributed by atoms with Gasteiger partial charge in [0.25, 0.3) is 0 Å². The van der Waals surface area contributed by atoms with Gasteiger partial charge < -0.3 is 0 Å². The van der Waals surface area contributed by atoms with E-state index in [0.29, 0.717) is 5.02 Å². The van der Waals surface area contributed by atoms with Crippen molar-refractivity contribution in [2.75, 3.05) is 5.75 Å². The zero-order valence-electron chi connectivity index (χ0n) is 10.6. The topological polar surface area (TPSA) is 17.1 Å². The lowest BCUT2D eigenvalue weighted by atomic mass is 10.1. The summed E-state index contributed by atoms with van der Waals surface area (Å²) in [6, 6.07) is 9.37. The van der Waals surface area contributed by atoms with Crippen LogP contribution in [0.5, 0.6) is 0 Å². The van der Waals surface area contributed by atoms with Gasteiger partial charge in [0.1, 0.15) is 11.6 Å². The Morgan fingerprint density at radius 3 is 2.70 bits per heavy atom.